The quantitative estimate of drug-likeness (QED) is 0.694. The normalized spacial score (nSPS) is 26.2. The van der Waals surface area contributed by atoms with Gasteiger partial charge in [0.15, 0.2) is 0 Å². The van der Waals surface area contributed by atoms with Crippen LogP contribution in [-0.4, -0.2) is 60.0 Å². The van der Waals surface area contributed by atoms with Crippen molar-refractivity contribution in [1.29, 1.82) is 0 Å². The van der Waals surface area contributed by atoms with E-state index in [-0.39, 0.29) is 55.4 Å². The molecule has 0 aliphatic carbocycles. The van der Waals surface area contributed by atoms with Crippen LogP contribution in [0.5, 0.6) is 0 Å². The molecule has 2 N–H and O–H groups in total. The molecular weight excluding hydrogens is 430 g/mol. The van der Waals surface area contributed by atoms with Gasteiger partial charge in [0.25, 0.3) is 0 Å². The molecule has 2 aromatic carbocycles. The number of ether oxygens (including phenoxy) is 2. The number of hydrogen-bond acceptors (Lipinski definition) is 5. The summed E-state index contributed by atoms with van der Waals surface area (Å²) in [4.78, 5) is 14.5. The van der Waals surface area contributed by atoms with E-state index in [1.54, 1.807) is 36.4 Å². The fourth-order valence-corrected chi connectivity index (χ4v) is 4.59. The van der Waals surface area contributed by atoms with Crippen molar-refractivity contribution in [3.63, 3.8) is 0 Å². The zero-order valence-electron chi connectivity index (χ0n) is 18.5. The Kier molecular flexibility index (Phi) is 8.03. The summed E-state index contributed by atoms with van der Waals surface area (Å²) in [5, 5.41) is 13.0. The summed E-state index contributed by atoms with van der Waals surface area (Å²) in [6, 6.07) is 12.9. The summed E-state index contributed by atoms with van der Waals surface area (Å²) in [5.41, 5.74) is 1.01. The molecule has 0 saturated carbocycles. The molecule has 178 valence electrons. The van der Waals surface area contributed by atoms with Crippen LogP contribution >= 0.6 is 0 Å². The van der Waals surface area contributed by atoms with Gasteiger partial charge in [-0.1, -0.05) is 36.4 Å². The van der Waals surface area contributed by atoms with E-state index in [0.29, 0.717) is 37.2 Å². The number of β-amino-alcohol motifs (C(OH)–C–C–N with tert-alkyl or cyclic N) is 1. The molecule has 0 unspecified atom stereocenters. The van der Waals surface area contributed by atoms with Crippen LogP contribution in [-0.2, 0) is 27.4 Å². The summed E-state index contributed by atoms with van der Waals surface area (Å²) in [7, 11) is 0. The molecule has 2 saturated heterocycles. The van der Waals surface area contributed by atoms with Gasteiger partial charge in [0, 0.05) is 36.8 Å². The highest BCUT2D eigenvalue weighted by Gasteiger charge is 2.38. The molecule has 33 heavy (non-hydrogen) atoms. The van der Waals surface area contributed by atoms with E-state index >= 15 is 0 Å². The average Bonchev–Trinajstić information content (AvgIpc) is 2.79. The Morgan fingerprint density at radius 3 is 2.45 bits per heavy atom. The summed E-state index contributed by atoms with van der Waals surface area (Å²) < 4.78 is 39.9. The Labute approximate surface area is 192 Å². The largest absolute Gasteiger partial charge is 0.389 e. The molecule has 0 aromatic heterocycles. The van der Waals surface area contributed by atoms with Gasteiger partial charge in [-0.15, -0.1) is 0 Å². The number of aliphatic hydroxyl groups excluding tert-OH is 1. The van der Waals surface area contributed by atoms with Crippen LogP contribution in [0.4, 0.5) is 8.78 Å². The third-order valence-corrected chi connectivity index (χ3v) is 6.27. The van der Waals surface area contributed by atoms with Gasteiger partial charge in [-0.2, -0.15) is 0 Å². The smallest absolute Gasteiger partial charge is 0.222 e. The lowest BCUT2D eigenvalue weighted by Crippen LogP contribution is -2.55. The minimum Gasteiger partial charge on any atom is -0.389 e. The number of rotatable bonds is 6. The molecule has 0 radical (unpaired) electrons. The molecule has 2 fully saturated rings. The number of benzene rings is 2. The van der Waals surface area contributed by atoms with E-state index in [9.17, 15) is 18.7 Å². The molecule has 8 heteroatoms. The average molecular weight is 461 g/mol. The molecule has 2 aliphatic heterocycles. The monoisotopic (exact) mass is 460 g/mol. The highest BCUT2D eigenvalue weighted by atomic mass is 19.1. The molecule has 1 amide bonds. The summed E-state index contributed by atoms with van der Waals surface area (Å²) in [5.74, 6) is -0.826. The Morgan fingerprint density at radius 1 is 1.03 bits per heavy atom. The van der Waals surface area contributed by atoms with Crippen molar-refractivity contribution in [2.24, 2.45) is 0 Å². The van der Waals surface area contributed by atoms with Gasteiger partial charge in [-0.25, -0.2) is 8.78 Å². The number of carbonyl (C=O) groups is 1. The van der Waals surface area contributed by atoms with Crippen LogP contribution in [0.1, 0.15) is 30.4 Å². The van der Waals surface area contributed by atoms with E-state index in [1.807, 2.05) is 0 Å². The fraction of sp³-hybridized carbons (Fsp3) is 0.480. The van der Waals surface area contributed by atoms with E-state index < -0.39 is 6.10 Å². The molecule has 0 spiro atoms. The van der Waals surface area contributed by atoms with Gasteiger partial charge >= 0.3 is 0 Å². The maximum absolute atomic E-state index is 14.3. The first kappa shape index (κ1) is 23.8. The number of aliphatic hydroxyl groups is 1. The van der Waals surface area contributed by atoms with Crippen molar-refractivity contribution in [2.45, 2.75) is 56.7 Å². The van der Waals surface area contributed by atoms with E-state index in [0.717, 1.165) is 6.42 Å². The molecular formula is C25H30F2N2O4. The Bertz CT molecular complexity index is 944. The fourth-order valence-electron chi connectivity index (χ4n) is 4.59. The van der Waals surface area contributed by atoms with Crippen molar-refractivity contribution in [2.75, 3.05) is 19.8 Å². The first-order valence-electron chi connectivity index (χ1n) is 11.4. The van der Waals surface area contributed by atoms with Crippen LogP contribution in [0.15, 0.2) is 48.5 Å². The Morgan fingerprint density at radius 2 is 1.73 bits per heavy atom. The summed E-state index contributed by atoms with van der Waals surface area (Å²) in [6.45, 7) is 1.31. The molecule has 0 bridgehead atoms. The topological polar surface area (TPSA) is 71.0 Å². The number of fused-ring (bicyclic) bond motifs is 1. The lowest BCUT2D eigenvalue weighted by Gasteiger charge is -2.44. The van der Waals surface area contributed by atoms with Crippen molar-refractivity contribution >= 4 is 5.91 Å². The number of carbonyl (C=O) groups excluding carboxylic acids is 1. The van der Waals surface area contributed by atoms with Gasteiger partial charge in [0.2, 0.25) is 5.91 Å². The molecule has 6 nitrogen and oxygen atoms in total. The highest BCUT2D eigenvalue weighted by molar-refractivity contribution is 5.76. The second-order valence-electron chi connectivity index (χ2n) is 8.73. The van der Waals surface area contributed by atoms with Crippen molar-refractivity contribution in [3.05, 3.63) is 71.3 Å². The van der Waals surface area contributed by atoms with Gasteiger partial charge in [-0.05, 0) is 25.0 Å². The van der Waals surface area contributed by atoms with E-state index in [1.165, 1.54) is 12.1 Å². The zero-order valence-corrected chi connectivity index (χ0v) is 18.5. The number of nitrogens with one attached hydrogen (secondary N) is 1. The summed E-state index contributed by atoms with van der Waals surface area (Å²) in [6.07, 6.45) is 0.323. The first-order valence-corrected chi connectivity index (χ1v) is 11.4. The van der Waals surface area contributed by atoms with E-state index in [4.69, 9.17) is 9.47 Å². The molecule has 2 aromatic rings. The molecule has 2 heterocycles. The lowest BCUT2D eigenvalue weighted by atomic mass is 9.94. The van der Waals surface area contributed by atoms with Gasteiger partial charge in [0.1, 0.15) is 11.6 Å². The maximum Gasteiger partial charge on any atom is 0.222 e. The second-order valence-corrected chi connectivity index (χ2v) is 8.73. The lowest BCUT2D eigenvalue weighted by molar-refractivity contribution is -0.158. The van der Waals surface area contributed by atoms with Crippen molar-refractivity contribution < 1.29 is 28.2 Å². The maximum atomic E-state index is 14.3. The van der Waals surface area contributed by atoms with Gasteiger partial charge < -0.3 is 19.9 Å². The first-order chi connectivity index (χ1) is 16.0. The predicted octanol–water partition coefficient (Wildman–Crippen LogP) is 2.78. The van der Waals surface area contributed by atoms with Crippen molar-refractivity contribution in [1.82, 2.24) is 10.2 Å². The third-order valence-electron chi connectivity index (χ3n) is 6.27. The van der Waals surface area contributed by atoms with Crippen LogP contribution in [0.2, 0.25) is 0 Å². The van der Waals surface area contributed by atoms with Crippen LogP contribution in [0, 0.1) is 11.6 Å². The zero-order chi connectivity index (χ0) is 23.2. The van der Waals surface area contributed by atoms with E-state index in [2.05, 4.69) is 10.2 Å². The minimum absolute atomic E-state index is 0.0581. The number of hydrogen-bond donors (Lipinski definition) is 2. The van der Waals surface area contributed by atoms with Crippen molar-refractivity contribution in [3.8, 4) is 0 Å². The predicted molar refractivity (Wildman–Crippen MR) is 118 cm³/mol. The second kappa shape index (κ2) is 11.2. The molecule has 4 atom stereocenters. The van der Waals surface area contributed by atoms with Crippen LogP contribution < -0.4 is 5.32 Å². The Balaban J connectivity index is 1.36. The minimum atomic E-state index is -0.667. The Hall–Kier alpha value is -2.39. The van der Waals surface area contributed by atoms with Crippen LogP contribution in [0.25, 0.3) is 0 Å². The standard InChI is InChI=1S/C25H30F2N2O4/c26-21-7-3-1-5-17(21)12-28-25(31)11-20-9-10-23-24(33-20)16-32-15-19(30)14-29(23)13-18-6-2-4-8-22(18)27/h1-8,19-20,23-24,30H,9-16H2,(H,28,31)/t19-,20+,23-,24+/m0/s1. The SMILES string of the molecule is O=C(C[C@H]1CC[C@H]2[C@@H](COC[C@@H](O)CN2Cc2ccccc2F)O1)NCc1ccccc1F. The van der Waals surface area contributed by atoms with Crippen LogP contribution in [0.3, 0.4) is 0 Å². The third kappa shape index (κ3) is 6.35. The van der Waals surface area contributed by atoms with Gasteiger partial charge in [-0.3, -0.25) is 9.69 Å². The highest BCUT2D eigenvalue weighted by Crippen LogP contribution is 2.29. The van der Waals surface area contributed by atoms with Gasteiger partial charge in [0.05, 0.1) is 37.9 Å². The number of nitrogens with zero attached hydrogens (tertiary/aromatic N) is 1. The summed E-state index contributed by atoms with van der Waals surface area (Å²) >= 11 is 0. The molecule has 2 aliphatic rings. The number of halogens is 2. The number of amides is 1. The molecule has 4 rings (SSSR count).